The van der Waals surface area contributed by atoms with Gasteiger partial charge >= 0.3 is 0 Å². The number of halogens is 1. The number of carbonyl (C=O) groups excluding carboxylic acids is 2. The molecule has 2 aromatic rings. The van der Waals surface area contributed by atoms with Crippen LogP contribution in [0.4, 0.5) is 4.39 Å². The molecule has 2 aliphatic heterocycles. The van der Waals surface area contributed by atoms with E-state index in [1.54, 1.807) is 34.1 Å². The summed E-state index contributed by atoms with van der Waals surface area (Å²) in [6.45, 7) is 0.875. The topological polar surface area (TPSA) is 52.7 Å². The molecule has 1 unspecified atom stereocenters. The van der Waals surface area contributed by atoms with E-state index in [1.807, 2.05) is 11.4 Å². The van der Waals surface area contributed by atoms with E-state index in [1.165, 1.54) is 17.4 Å². The van der Waals surface area contributed by atoms with Crippen LogP contribution in [0.25, 0.3) is 0 Å². The molecule has 1 spiro atoms. The number of hydrogen-bond donors (Lipinski definition) is 1. The summed E-state index contributed by atoms with van der Waals surface area (Å²) < 4.78 is 14.2. The van der Waals surface area contributed by atoms with Crippen molar-refractivity contribution < 1.29 is 14.0 Å². The third-order valence-electron chi connectivity index (χ3n) is 5.14. The van der Waals surface area contributed by atoms with E-state index < -0.39 is 5.79 Å². The van der Waals surface area contributed by atoms with E-state index in [0.717, 1.165) is 12.8 Å². The normalized spacial score (nSPS) is 23.0. The van der Waals surface area contributed by atoms with E-state index >= 15 is 0 Å². The largest absolute Gasteiger partial charge is 0.302 e. The van der Waals surface area contributed by atoms with Gasteiger partial charge in [0.15, 0.2) is 5.79 Å². The lowest BCUT2D eigenvalue weighted by Gasteiger charge is -2.49. The Kier molecular flexibility index (Phi) is 4.50. The molecule has 4 rings (SSSR count). The van der Waals surface area contributed by atoms with E-state index in [9.17, 15) is 14.0 Å². The van der Waals surface area contributed by atoms with Crippen LogP contribution < -0.4 is 5.32 Å². The molecule has 26 heavy (non-hydrogen) atoms. The van der Waals surface area contributed by atoms with E-state index in [0.29, 0.717) is 23.4 Å². The van der Waals surface area contributed by atoms with Crippen LogP contribution in [0, 0.1) is 5.82 Å². The second kappa shape index (κ2) is 6.81. The standard InChI is InChI=1S/C19H20FN3O2S/c20-15-7-2-1-6-14(15)13-23-17(24)12-21-19(23)9-3-4-10-22(19)18(25)16-8-5-11-26-16/h1-2,5-8,11,21H,3-4,9-10,12-13H2. The van der Waals surface area contributed by atoms with Crippen molar-refractivity contribution in [3.8, 4) is 0 Å². The number of piperidine rings is 1. The van der Waals surface area contributed by atoms with Crippen molar-refractivity contribution in [3.05, 3.63) is 58.0 Å². The second-order valence-electron chi connectivity index (χ2n) is 6.63. The van der Waals surface area contributed by atoms with Gasteiger partial charge in [-0.25, -0.2) is 4.39 Å². The van der Waals surface area contributed by atoms with E-state index in [-0.39, 0.29) is 30.7 Å². The summed E-state index contributed by atoms with van der Waals surface area (Å²) in [5, 5.41) is 5.14. The van der Waals surface area contributed by atoms with Gasteiger partial charge in [0.2, 0.25) is 5.91 Å². The maximum atomic E-state index is 14.2. The summed E-state index contributed by atoms with van der Waals surface area (Å²) in [5.41, 5.74) is 0.457. The zero-order valence-electron chi connectivity index (χ0n) is 14.3. The van der Waals surface area contributed by atoms with Gasteiger partial charge in [-0.1, -0.05) is 24.3 Å². The highest BCUT2D eigenvalue weighted by Gasteiger charge is 2.52. The van der Waals surface area contributed by atoms with Gasteiger partial charge in [0.1, 0.15) is 5.82 Å². The number of rotatable bonds is 3. The number of nitrogens with zero attached hydrogens (tertiary/aromatic N) is 2. The Balaban J connectivity index is 1.69. The fourth-order valence-corrected chi connectivity index (χ4v) is 4.53. The Morgan fingerprint density at radius 3 is 2.85 bits per heavy atom. The van der Waals surface area contributed by atoms with Crippen LogP contribution in [0.15, 0.2) is 41.8 Å². The highest BCUT2D eigenvalue weighted by atomic mass is 32.1. The first-order chi connectivity index (χ1) is 12.6. The van der Waals surface area contributed by atoms with Gasteiger partial charge in [0, 0.05) is 18.5 Å². The summed E-state index contributed by atoms with van der Waals surface area (Å²) in [5.74, 6) is -1.41. The summed E-state index contributed by atoms with van der Waals surface area (Å²) in [6.07, 6.45) is 2.44. The number of amides is 2. The fraction of sp³-hybridized carbons (Fsp3) is 0.368. The van der Waals surface area contributed by atoms with Gasteiger partial charge in [0.05, 0.1) is 18.0 Å². The van der Waals surface area contributed by atoms with Crippen molar-refractivity contribution in [2.24, 2.45) is 0 Å². The number of benzene rings is 1. The molecule has 0 bridgehead atoms. The van der Waals surface area contributed by atoms with Gasteiger partial charge in [0.25, 0.3) is 5.91 Å². The Hall–Kier alpha value is -2.25. The quantitative estimate of drug-likeness (QED) is 0.900. The minimum absolute atomic E-state index is 0.0829. The summed E-state index contributed by atoms with van der Waals surface area (Å²) >= 11 is 1.39. The Labute approximate surface area is 155 Å². The molecule has 0 aliphatic carbocycles. The van der Waals surface area contributed by atoms with Crippen LogP contribution in [-0.4, -0.2) is 40.5 Å². The predicted molar refractivity (Wildman–Crippen MR) is 96.9 cm³/mol. The summed E-state index contributed by atoms with van der Waals surface area (Å²) in [6, 6.07) is 10.1. The maximum absolute atomic E-state index is 14.2. The van der Waals surface area contributed by atoms with Crippen molar-refractivity contribution in [1.82, 2.24) is 15.1 Å². The highest BCUT2D eigenvalue weighted by Crippen LogP contribution is 2.35. The molecule has 1 atom stereocenters. The molecule has 2 amide bonds. The lowest BCUT2D eigenvalue weighted by molar-refractivity contribution is -0.139. The van der Waals surface area contributed by atoms with Crippen molar-refractivity contribution in [3.63, 3.8) is 0 Å². The number of nitrogens with one attached hydrogen (secondary N) is 1. The molecule has 136 valence electrons. The predicted octanol–water partition coefficient (Wildman–Crippen LogP) is 2.80. The van der Waals surface area contributed by atoms with Crippen LogP contribution in [0.3, 0.4) is 0 Å². The second-order valence-corrected chi connectivity index (χ2v) is 7.58. The molecule has 7 heteroatoms. The van der Waals surface area contributed by atoms with Gasteiger partial charge in [-0.2, -0.15) is 0 Å². The molecule has 1 aromatic heterocycles. The van der Waals surface area contributed by atoms with Crippen LogP contribution in [-0.2, 0) is 11.3 Å². The average molecular weight is 373 g/mol. The molecule has 2 saturated heterocycles. The van der Waals surface area contributed by atoms with Crippen LogP contribution in [0.2, 0.25) is 0 Å². The Morgan fingerprint density at radius 1 is 1.23 bits per heavy atom. The van der Waals surface area contributed by atoms with Gasteiger partial charge in [-0.3, -0.25) is 14.9 Å². The van der Waals surface area contributed by atoms with Gasteiger partial charge < -0.3 is 9.80 Å². The third kappa shape index (κ3) is 2.81. The Bertz CT molecular complexity index is 826. The van der Waals surface area contributed by atoms with Crippen molar-refractivity contribution in [1.29, 1.82) is 0 Å². The first kappa shape index (κ1) is 17.2. The zero-order chi connectivity index (χ0) is 18.1. The molecule has 1 N–H and O–H groups in total. The highest BCUT2D eigenvalue weighted by molar-refractivity contribution is 7.12. The molecular weight excluding hydrogens is 353 g/mol. The molecule has 1 aromatic carbocycles. The lowest BCUT2D eigenvalue weighted by Crippen LogP contribution is -2.67. The van der Waals surface area contributed by atoms with E-state index in [2.05, 4.69) is 5.32 Å². The monoisotopic (exact) mass is 373 g/mol. The number of likely N-dealkylation sites (tertiary alicyclic amines) is 1. The zero-order valence-corrected chi connectivity index (χ0v) is 15.1. The van der Waals surface area contributed by atoms with Crippen molar-refractivity contribution >= 4 is 23.2 Å². The van der Waals surface area contributed by atoms with Crippen LogP contribution in [0.1, 0.15) is 34.5 Å². The summed E-state index contributed by atoms with van der Waals surface area (Å²) in [4.78, 5) is 29.7. The number of hydrogen-bond acceptors (Lipinski definition) is 4. The van der Waals surface area contributed by atoms with Crippen molar-refractivity contribution in [2.75, 3.05) is 13.1 Å². The maximum Gasteiger partial charge on any atom is 0.266 e. The smallest absolute Gasteiger partial charge is 0.266 e. The molecule has 5 nitrogen and oxygen atoms in total. The van der Waals surface area contributed by atoms with Crippen molar-refractivity contribution in [2.45, 2.75) is 31.6 Å². The molecular formula is C19H20FN3O2S. The average Bonchev–Trinajstić information content (AvgIpc) is 3.28. The lowest BCUT2D eigenvalue weighted by atomic mass is 10.0. The van der Waals surface area contributed by atoms with Gasteiger partial charge in [-0.15, -0.1) is 11.3 Å². The van der Waals surface area contributed by atoms with Crippen LogP contribution in [0.5, 0.6) is 0 Å². The molecule has 2 aliphatic rings. The molecule has 0 radical (unpaired) electrons. The van der Waals surface area contributed by atoms with E-state index in [4.69, 9.17) is 0 Å². The molecule has 3 heterocycles. The number of thiophene rings is 1. The SMILES string of the molecule is O=C1CNC2(CCCCN2C(=O)c2cccs2)N1Cc1ccccc1F. The first-order valence-electron chi connectivity index (χ1n) is 8.76. The molecule has 0 saturated carbocycles. The molecule has 2 fully saturated rings. The number of carbonyl (C=O) groups is 2. The summed E-state index contributed by atoms with van der Waals surface area (Å²) in [7, 11) is 0. The van der Waals surface area contributed by atoms with Gasteiger partial charge in [-0.05, 0) is 30.4 Å². The third-order valence-corrected chi connectivity index (χ3v) is 6.00. The van der Waals surface area contributed by atoms with Crippen LogP contribution >= 0.6 is 11.3 Å². The Morgan fingerprint density at radius 2 is 2.08 bits per heavy atom. The fourth-order valence-electron chi connectivity index (χ4n) is 3.86. The minimum Gasteiger partial charge on any atom is -0.302 e. The minimum atomic E-state index is -0.876. The first-order valence-corrected chi connectivity index (χ1v) is 9.64.